The number of carbonyl (C=O) groups excluding carboxylic acids is 2. The summed E-state index contributed by atoms with van der Waals surface area (Å²) in [5.41, 5.74) is 2.65. The highest BCUT2D eigenvalue weighted by Crippen LogP contribution is 2.34. The molecule has 0 saturated carbocycles. The summed E-state index contributed by atoms with van der Waals surface area (Å²) in [6.45, 7) is 0.390. The van der Waals surface area contributed by atoms with Gasteiger partial charge in [-0.3, -0.25) is 14.0 Å². The molecule has 5 aromatic rings. The molecule has 0 aromatic heterocycles. The molecule has 0 bridgehead atoms. The number of nitrogens with two attached hydrogens (primary N) is 1. The Morgan fingerprint density at radius 1 is 0.596 bits per heavy atom. The largest absolute Gasteiger partial charge is 0.426 e. The lowest BCUT2D eigenvalue weighted by Gasteiger charge is -2.11. The van der Waals surface area contributed by atoms with Gasteiger partial charge in [-0.15, -0.1) is 0 Å². The number of alkyl halides is 1. The van der Waals surface area contributed by atoms with E-state index in [1.165, 1.54) is 30.3 Å². The molecule has 0 aliphatic heterocycles. The number of carbonyl (C=O) groups is 2. The second-order valence-corrected chi connectivity index (χ2v) is 10.8. The first-order valence-corrected chi connectivity index (χ1v) is 15.3. The van der Waals surface area contributed by atoms with E-state index in [9.17, 15) is 44.7 Å². The lowest BCUT2D eigenvalue weighted by Crippen LogP contribution is -2.18. The van der Waals surface area contributed by atoms with Crippen molar-refractivity contribution in [2.75, 3.05) is 13.2 Å². The Morgan fingerprint density at radius 3 is 1.50 bits per heavy atom. The average molecular weight is 727 g/mol. The lowest BCUT2D eigenvalue weighted by molar-refractivity contribution is -0.144. The number of unbranched alkanes of at least 4 members (excludes halogenated alkanes) is 1. The highest BCUT2D eigenvalue weighted by molar-refractivity contribution is 5.93. The van der Waals surface area contributed by atoms with Crippen LogP contribution in [-0.2, 0) is 9.59 Å². The summed E-state index contributed by atoms with van der Waals surface area (Å²) in [7, 11) is 0. The molecule has 6 nitrogen and oxygen atoms in total. The predicted octanol–water partition coefficient (Wildman–Crippen LogP) is 9.13. The van der Waals surface area contributed by atoms with Gasteiger partial charge in [0.25, 0.3) is 0 Å². The number of halogens is 8. The van der Waals surface area contributed by atoms with Crippen LogP contribution in [0.5, 0.6) is 11.5 Å². The summed E-state index contributed by atoms with van der Waals surface area (Å²) >= 11 is 0. The zero-order valence-corrected chi connectivity index (χ0v) is 26.8. The van der Waals surface area contributed by atoms with E-state index in [4.69, 9.17) is 20.5 Å². The number of ether oxygens (including phenoxy) is 2. The van der Waals surface area contributed by atoms with Crippen molar-refractivity contribution in [3.63, 3.8) is 0 Å². The maximum Gasteiger partial charge on any atom is 0.322 e. The van der Waals surface area contributed by atoms with Crippen LogP contribution in [0.3, 0.4) is 0 Å². The van der Waals surface area contributed by atoms with Crippen molar-refractivity contribution >= 4 is 11.9 Å². The molecule has 14 heteroatoms. The smallest absolute Gasteiger partial charge is 0.322 e. The van der Waals surface area contributed by atoms with Crippen LogP contribution in [0.4, 0.5) is 35.1 Å². The van der Waals surface area contributed by atoms with Crippen LogP contribution in [0.2, 0.25) is 0 Å². The molecule has 0 unspecified atom stereocenters. The van der Waals surface area contributed by atoms with E-state index in [0.717, 1.165) is 55.0 Å². The van der Waals surface area contributed by atoms with Gasteiger partial charge >= 0.3 is 11.9 Å². The first-order valence-electron chi connectivity index (χ1n) is 15.3. The van der Waals surface area contributed by atoms with Gasteiger partial charge in [-0.2, -0.15) is 5.26 Å². The standard InChI is InChI=1S/C34H16F7NO4.C4H10FN/c35-20-3-1-17(2-4-20)23-7-5-21(13-28(23)38)45-32(43)15-33(44)46-22-6-8-24(29(39)14-22)18-9-30(40)34(31(41)10-18)19-11-26(36)25(16-42)27(37)12-19;5-3-1-2-4-6/h1-14H,15H2;1-4,6H2. The molecule has 0 amide bonds. The molecule has 0 spiro atoms. The van der Waals surface area contributed by atoms with E-state index < -0.39 is 75.8 Å². The fourth-order valence-electron chi connectivity index (χ4n) is 4.74. The monoisotopic (exact) mass is 726 g/mol. The molecule has 0 atom stereocenters. The number of hydrogen-bond donors (Lipinski definition) is 1. The number of hydrogen-bond acceptors (Lipinski definition) is 6. The maximum absolute atomic E-state index is 14.9. The molecular weight excluding hydrogens is 700 g/mol. The Balaban J connectivity index is 0.000000929. The van der Waals surface area contributed by atoms with E-state index in [0.29, 0.717) is 30.7 Å². The average Bonchev–Trinajstić information content (AvgIpc) is 3.08. The molecule has 5 rings (SSSR count). The van der Waals surface area contributed by atoms with Crippen molar-refractivity contribution in [3.8, 4) is 50.9 Å². The van der Waals surface area contributed by atoms with Gasteiger partial charge in [0.1, 0.15) is 70.3 Å². The highest BCUT2D eigenvalue weighted by Gasteiger charge is 2.21. The second-order valence-electron chi connectivity index (χ2n) is 10.8. The molecular formula is C38H26F8N2O4. The summed E-state index contributed by atoms with van der Waals surface area (Å²) < 4.78 is 121. The van der Waals surface area contributed by atoms with Crippen LogP contribution < -0.4 is 15.2 Å². The van der Waals surface area contributed by atoms with Crippen molar-refractivity contribution in [2.45, 2.75) is 19.3 Å². The first kappa shape index (κ1) is 38.7. The Kier molecular flexibility index (Phi) is 13.2. The summed E-state index contributed by atoms with van der Waals surface area (Å²) in [5.74, 6) is -10.4. The predicted molar refractivity (Wildman–Crippen MR) is 174 cm³/mol. The summed E-state index contributed by atoms with van der Waals surface area (Å²) in [4.78, 5) is 24.4. The van der Waals surface area contributed by atoms with Gasteiger partial charge in [-0.1, -0.05) is 12.1 Å². The molecule has 0 aliphatic rings. The maximum atomic E-state index is 14.9. The fourth-order valence-corrected chi connectivity index (χ4v) is 4.74. The van der Waals surface area contributed by atoms with Crippen LogP contribution in [0.15, 0.2) is 84.9 Å². The van der Waals surface area contributed by atoms with E-state index in [1.54, 1.807) is 0 Å². The quantitative estimate of drug-likeness (QED) is 0.0507. The molecule has 268 valence electrons. The fraction of sp³-hybridized carbons (Fsp3) is 0.132. The van der Waals surface area contributed by atoms with Crippen LogP contribution in [0.25, 0.3) is 33.4 Å². The van der Waals surface area contributed by atoms with E-state index >= 15 is 0 Å². The van der Waals surface area contributed by atoms with E-state index in [1.807, 2.05) is 0 Å². The third-order valence-electron chi connectivity index (χ3n) is 7.17. The number of nitrogens with zero attached hydrogens (tertiary/aromatic N) is 1. The lowest BCUT2D eigenvalue weighted by atomic mass is 9.97. The first-order chi connectivity index (χ1) is 24.8. The summed E-state index contributed by atoms with van der Waals surface area (Å²) in [6.07, 6.45) is 0.492. The van der Waals surface area contributed by atoms with Crippen LogP contribution in [0, 0.1) is 52.1 Å². The Hall–Kier alpha value is -6.07. The van der Waals surface area contributed by atoms with Crippen molar-refractivity contribution in [1.29, 1.82) is 5.26 Å². The van der Waals surface area contributed by atoms with Crippen molar-refractivity contribution in [2.24, 2.45) is 5.73 Å². The Morgan fingerprint density at radius 2 is 1.08 bits per heavy atom. The topological polar surface area (TPSA) is 102 Å². The van der Waals surface area contributed by atoms with E-state index in [-0.39, 0.29) is 34.9 Å². The third-order valence-corrected chi connectivity index (χ3v) is 7.17. The molecule has 0 saturated heterocycles. The van der Waals surface area contributed by atoms with Gasteiger partial charge in [-0.05, 0) is 96.7 Å². The Labute approximate surface area is 291 Å². The van der Waals surface area contributed by atoms with Crippen LogP contribution >= 0.6 is 0 Å². The summed E-state index contributed by atoms with van der Waals surface area (Å²) in [6, 6.07) is 15.3. The number of nitriles is 1. The van der Waals surface area contributed by atoms with Gasteiger partial charge in [0, 0.05) is 23.3 Å². The molecule has 0 fully saturated rings. The van der Waals surface area contributed by atoms with Gasteiger partial charge < -0.3 is 15.2 Å². The molecule has 0 heterocycles. The van der Waals surface area contributed by atoms with Gasteiger partial charge in [0.2, 0.25) is 0 Å². The van der Waals surface area contributed by atoms with Crippen molar-refractivity contribution in [1.82, 2.24) is 0 Å². The molecule has 5 aromatic carbocycles. The number of benzene rings is 5. The highest BCUT2D eigenvalue weighted by atomic mass is 19.2. The van der Waals surface area contributed by atoms with Crippen molar-refractivity contribution < 1.29 is 54.2 Å². The van der Waals surface area contributed by atoms with Gasteiger partial charge in [0.15, 0.2) is 0 Å². The van der Waals surface area contributed by atoms with Crippen molar-refractivity contribution in [3.05, 3.63) is 131 Å². The van der Waals surface area contributed by atoms with E-state index in [2.05, 4.69) is 0 Å². The Bertz CT molecular complexity index is 2090. The van der Waals surface area contributed by atoms with Gasteiger partial charge in [0.05, 0.1) is 12.2 Å². The molecule has 52 heavy (non-hydrogen) atoms. The minimum Gasteiger partial charge on any atom is -0.426 e. The zero-order valence-electron chi connectivity index (χ0n) is 26.8. The van der Waals surface area contributed by atoms with Crippen LogP contribution in [-0.4, -0.2) is 25.2 Å². The van der Waals surface area contributed by atoms with Crippen LogP contribution in [0.1, 0.15) is 24.8 Å². The number of esters is 2. The third kappa shape index (κ3) is 9.79. The number of rotatable bonds is 10. The second kappa shape index (κ2) is 17.7. The minimum atomic E-state index is -1.32. The molecule has 0 aliphatic carbocycles. The molecule has 0 radical (unpaired) electrons. The normalized spacial score (nSPS) is 10.5. The zero-order chi connectivity index (χ0) is 37.9. The minimum absolute atomic E-state index is 0.114. The molecule has 2 N–H and O–H groups in total. The summed E-state index contributed by atoms with van der Waals surface area (Å²) in [5, 5.41) is 8.79. The SMILES string of the molecule is N#Cc1c(F)cc(-c2c(F)cc(-c3ccc(OC(=O)CC(=O)Oc4ccc(-c5ccc(F)cc5)c(F)c4)cc3F)cc2F)cc1F.NCCCCF. The van der Waals surface area contributed by atoms with Gasteiger partial charge in [-0.25, -0.2) is 30.7 Å².